The highest BCUT2D eigenvalue weighted by molar-refractivity contribution is 5.95. The Morgan fingerprint density at radius 2 is 2.16 bits per heavy atom. The van der Waals surface area contributed by atoms with E-state index in [1.54, 1.807) is 18.2 Å². The molecule has 5 heteroatoms. The maximum atomic E-state index is 12.0. The van der Waals surface area contributed by atoms with Crippen LogP contribution in [0.25, 0.3) is 0 Å². The van der Waals surface area contributed by atoms with E-state index in [-0.39, 0.29) is 17.9 Å². The number of aliphatic hydroxyl groups is 1. The van der Waals surface area contributed by atoms with Gasteiger partial charge in [0.2, 0.25) is 0 Å². The molecule has 0 saturated carbocycles. The van der Waals surface area contributed by atoms with Crippen molar-refractivity contribution in [2.75, 3.05) is 26.0 Å². The van der Waals surface area contributed by atoms with Gasteiger partial charge < -0.3 is 20.9 Å². The van der Waals surface area contributed by atoms with Gasteiger partial charge in [0.05, 0.1) is 12.8 Å². The lowest BCUT2D eigenvalue weighted by atomic mass is 9.89. The standard InChI is InChI=1S/C14H22N2O3/c1-14(2,6-7-17)9-16-13(18)10-4-5-11(15)12(8-10)19-3/h4-5,8,17H,6-7,9,15H2,1-3H3,(H,16,18). The molecule has 0 heterocycles. The third-order valence-electron chi connectivity index (χ3n) is 3.01. The number of rotatable bonds is 6. The van der Waals surface area contributed by atoms with Gasteiger partial charge in [-0.1, -0.05) is 13.8 Å². The van der Waals surface area contributed by atoms with Gasteiger partial charge in [0.15, 0.2) is 0 Å². The summed E-state index contributed by atoms with van der Waals surface area (Å²) < 4.78 is 5.08. The van der Waals surface area contributed by atoms with Gasteiger partial charge in [-0.3, -0.25) is 4.79 Å². The number of nitrogens with one attached hydrogen (secondary N) is 1. The molecule has 1 aromatic rings. The Morgan fingerprint density at radius 1 is 1.47 bits per heavy atom. The summed E-state index contributed by atoms with van der Waals surface area (Å²) in [4.78, 5) is 12.0. The van der Waals surface area contributed by atoms with Crippen LogP contribution in [-0.4, -0.2) is 31.3 Å². The average Bonchev–Trinajstić information content (AvgIpc) is 2.36. The largest absolute Gasteiger partial charge is 0.495 e. The highest BCUT2D eigenvalue weighted by Crippen LogP contribution is 2.22. The van der Waals surface area contributed by atoms with Crippen LogP contribution in [0.4, 0.5) is 5.69 Å². The smallest absolute Gasteiger partial charge is 0.251 e. The van der Waals surface area contributed by atoms with Crippen molar-refractivity contribution in [3.8, 4) is 5.75 Å². The zero-order valence-electron chi connectivity index (χ0n) is 11.7. The number of nitrogens with two attached hydrogens (primary N) is 1. The van der Waals surface area contributed by atoms with Crippen LogP contribution in [0.2, 0.25) is 0 Å². The van der Waals surface area contributed by atoms with E-state index in [1.165, 1.54) is 7.11 Å². The number of hydrogen-bond donors (Lipinski definition) is 3. The molecule has 5 nitrogen and oxygen atoms in total. The van der Waals surface area contributed by atoms with Crippen LogP contribution in [0.1, 0.15) is 30.6 Å². The first-order valence-corrected chi connectivity index (χ1v) is 6.22. The Bertz CT molecular complexity index is 444. The number of hydrogen-bond acceptors (Lipinski definition) is 4. The Labute approximate surface area is 113 Å². The minimum absolute atomic E-state index is 0.110. The molecule has 19 heavy (non-hydrogen) atoms. The summed E-state index contributed by atoms with van der Waals surface area (Å²) in [6.07, 6.45) is 0.637. The molecule has 0 atom stereocenters. The van der Waals surface area contributed by atoms with E-state index in [2.05, 4.69) is 5.32 Å². The van der Waals surface area contributed by atoms with Crippen molar-refractivity contribution in [3.63, 3.8) is 0 Å². The second kappa shape index (κ2) is 6.43. The third kappa shape index (κ3) is 4.44. The Hall–Kier alpha value is -1.75. The van der Waals surface area contributed by atoms with Crippen LogP contribution >= 0.6 is 0 Å². The summed E-state index contributed by atoms with van der Waals surface area (Å²) >= 11 is 0. The molecule has 106 valence electrons. The molecular formula is C14H22N2O3. The third-order valence-corrected chi connectivity index (χ3v) is 3.01. The fraction of sp³-hybridized carbons (Fsp3) is 0.500. The molecule has 1 rings (SSSR count). The lowest BCUT2D eigenvalue weighted by Crippen LogP contribution is -2.34. The second-order valence-electron chi connectivity index (χ2n) is 5.28. The van der Waals surface area contributed by atoms with Crippen molar-refractivity contribution in [1.82, 2.24) is 5.32 Å². The molecule has 0 unspecified atom stereocenters. The number of benzene rings is 1. The molecule has 0 bridgehead atoms. The topological polar surface area (TPSA) is 84.6 Å². The number of carbonyl (C=O) groups excluding carboxylic acids is 1. The Balaban J connectivity index is 2.68. The SMILES string of the molecule is COc1cc(C(=O)NCC(C)(C)CCO)ccc1N. The number of carbonyl (C=O) groups is 1. The van der Waals surface area contributed by atoms with Gasteiger partial charge >= 0.3 is 0 Å². The van der Waals surface area contributed by atoms with E-state index in [0.29, 0.717) is 30.0 Å². The van der Waals surface area contributed by atoms with E-state index >= 15 is 0 Å². The van der Waals surface area contributed by atoms with E-state index < -0.39 is 0 Å². The predicted octanol–water partition coefficient (Wildman–Crippen LogP) is 1.42. The summed E-state index contributed by atoms with van der Waals surface area (Å²) in [5, 5.41) is 11.8. The van der Waals surface area contributed by atoms with Crippen LogP contribution in [-0.2, 0) is 0 Å². The zero-order valence-corrected chi connectivity index (χ0v) is 11.7. The molecule has 0 fully saturated rings. The highest BCUT2D eigenvalue weighted by atomic mass is 16.5. The van der Waals surface area contributed by atoms with Crippen LogP contribution in [0, 0.1) is 5.41 Å². The molecule has 1 amide bonds. The predicted molar refractivity (Wildman–Crippen MR) is 75.2 cm³/mol. The number of ether oxygens (including phenoxy) is 1. The van der Waals surface area contributed by atoms with Crippen molar-refractivity contribution < 1.29 is 14.6 Å². The van der Waals surface area contributed by atoms with Crippen molar-refractivity contribution in [2.45, 2.75) is 20.3 Å². The number of nitrogen functional groups attached to an aromatic ring is 1. The van der Waals surface area contributed by atoms with Crippen molar-refractivity contribution in [2.24, 2.45) is 5.41 Å². The lowest BCUT2D eigenvalue weighted by molar-refractivity contribution is 0.0928. The van der Waals surface area contributed by atoms with Crippen molar-refractivity contribution in [3.05, 3.63) is 23.8 Å². The fourth-order valence-electron chi connectivity index (χ4n) is 1.67. The molecule has 1 aromatic carbocycles. The molecule has 0 aliphatic heterocycles. The molecule has 0 radical (unpaired) electrons. The van der Waals surface area contributed by atoms with Gasteiger partial charge in [-0.25, -0.2) is 0 Å². The van der Waals surface area contributed by atoms with E-state index in [9.17, 15) is 4.79 Å². The monoisotopic (exact) mass is 266 g/mol. The second-order valence-corrected chi connectivity index (χ2v) is 5.28. The van der Waals surface area contributed by atoms with E-state index in [1.807, 2.05) is 13.8 Å². The zero-order chi connectivity index (χ0) is 14.5. The van der Waals surface area contributed by atoms with Crippen LogP contribution in [0.5, 0.6) is 5.75 Å². The molecule has 0 spiro atoms. The molecule has 0 aliphatic rings. The van der Waals surface area contributed by atoms with Gasteiger partial charge in [0, 0.05) is 18.7 Å². The molecule has 4 N–H and O–H groups in total. The first kappa shape index (κ1) is 15.3. The van der Waals surface area contributed by atoms with E-state index in [4.69, 9.17) is 15.6 Å². The maximum Gasteiger partial charge on any atom is 0.251 e. The first-order chi connectivity index (χ1) is 8.89. The lowest BCUT2D eigenvalue weighted by Gasteiger charge is -2.23. The number of amides is 1. The normalized spacial score (nSPS) is 11.2. The molecule has 0 aliphatic carbocycles. The van der Waals surface area contributed by atoms with E-state index in [0.717, 1.165) is 0 Å². The molecule has 0 aromatic heterocycles. The van der Waals surface area contributed by atoms with Gasteiger partial charge in [-0.05, 0) is 30.0 Å². The minimum atomic E-state index is -0.177. The summed E-state index contributed by atoms with van der Waals surface area (Å²) in [7, 11) is 1.51. The van der Waals surface area contributed by atoms with Gasteiger partial charge in [-0.2, -0.15) is 0 Å². The maximum absolute atomic E-state index is 12.0. The van der Waals surface area contributed by atoms with Crippen LogP contribution < -0.4 is 15.8 Å². The fourth-order valence-corrected chi connectivity index (χ4v) is 1.67. The summed E-state index contributed by atoms with van der Waals surface area (Å²) in [5.74, 6) is 0.312. The molecule has 0 saturated heterocycles. The summed E-state index contributed by atoms with van der Waals surface area (Å²) in [6.45, 7) is 4.60. The minimum Gasteiger partial charge on any atom is -0.495 e. The van der Waals surface area contributed by atoms with Gasteiger partial charge in [-0.15, -0.1) is 0 Å². The Kier molecular flexibility index (Phi) is 5.18. The van der Waals surface area contributed by atoms with Crippen molar-refractivity contribution >= 4 is 11.6 Å². The van der Waals surface area contributed by atoms with Crippen LogP contribution in [0.15, 0.2) is 18.2 Å². The molecular weight excluding hydrogens is 244 g/mol. The number of methoxy groups -OCH3 is 1. The van der Waals surface area contributed by atoms with Crippen LogP contribution in [0.3, 0.4) is 0 Å². The number of anilines is 1. The summed E-state index contributed by atoms with van der Waals surface area (Å²) in [6, 6.07) is 4.92. The van der Waals surface area contributed by atoms with Gasteiger partial charge in [0.25, 0.3) is 5.91 Å². The van der Waals surface area contributed by atoms with Crippen molar-refractivity contribution in [1.29, 1.82) is 0 Å². The summed E-state index contributed by atoms with van der Waals surface area (Å²) in [5.41, 5.74) is 6.57. The number of aliphatic hydroxyl groups excluding tert-OH is 1. The Morgan fingerprint density at radius 3 is 2.74 bits per heavy atom. The first-order valence-electron chi connectivity index (χ1n) is 6.22. The van der Waals surface area contributed by atoms with Gasteiger partial charge in [0.1, 0.15) is 5.75 Å². The average molecular weight is 266 g/mol. The highest BCUT2D eigenvalue weighted by Gasteiger charge is 2.18. The quantitative estimate of drug-likeness (QED) is 0.680.